The average molecular weight is 292 g/mol. The molecular formula is C14H20ClF2NO. The lowest BCUT2D eigenvalue weighted by Gasteiger charge is -2.27. The van der Waals surface area contributed by atoms with Gasteiger partial charge in [-0.05, 0) is 36.5 Å². The molecule has 1 saturated carbocycles. The summed E-state index contributed by atoms with van der Waals surface area (Å²) in [5.74, 6) is 0.648. The minimum absolute atomic E-state index is 0. The molecule has 2 N–H and O–H groups in total. The van der Waals surface area contributed by atoms with Crippen LogP contribution in [0, 0.1) is 5.92 Å². The first-order valence-corrected chi connectivity index (χ1v) is 6.47. The van der Waals surface area contributed by atoms with Crippen LogP contribution in [0.1, 0.15) is 43.7 Å². The summed E-state index contributed by atoms with van der Waals surface area (Å²) in [6, 6.07) is 6.69. The first kappa shape index (κ1) is 16.2. The molecule has 0 heterocycles. The summed E-state index contributed by atoms with van der Waals surface area (Å²) in [6.45, 7) is -2.79. The third kappa shape index (κ3) is 4.62. The number of nitrogens with two attached hydrogens (primary N) is 1. The predicted octanol–water partition coefficient (Wildman–Crippen LogP) is 4.29. The van der Waals surface area contributed by atoms with Crippen LogP contribution >= 0.6 is 12.4 Å². The SMILES string of the molecule is Cl.N[C@@H](c1cccc(OC(F)F)c1)C1CCCCC1. The van der Waals surface area contributed by atoms with Gasteiger partial charge in [0.05, 0.1) is 0 Å². The number of benzene rings is 1. The summed E-state index contributed by atoms with van der Waals surface area (Å²) in [4.78, 5) is 0. The molecule has 1 atom stereocenters. The van der Waals surface area contributed by atoms with Crippen LogP contribution in [0.15, 0.2) is 24.3 Å². The fourth-order valence-electron chi connectivity index (χ4n) is 2.66. The second-order valence-electron chi connectivity index (χ2n) is 4.87. The molecule has 0 spiro atoms. The highest BCUT2D eigenvalue weighted by atomic mass is 35.5. The molecule has 0 unspecified atom stereocenters. The molecule has 108 valence electrons. The Morgan fingerprint density at radius 2 is 1.84 bits per heavy atom. The smallest absolute Gasteiger partial charge is 0.387 e. The Morgan fingerprint density at radius 1 is 1.16 bits per heavy atom. The standard InChI is InChI=1S/C14H19F2NO.ClH/c15-14(16)18-12-8-4-7-11(9-12)13(17)10-5-2-1-3-6-10;/h4,7-10,13-14H,1-3,5-6,17H2;1H/t13-;/m1./s1. The zero-order valence-corrected chi connectivity index (χ0v) is 11.5. The fraction of sp³-hybridized carbons (Fsp3) is 0.571. The highest BCUT2D eigenvalue weighted by Crippen LogP contribution is 2.33. The highest BCUT2D eigenvalue weighted by Gasteiger charge is 2.22. The lowest BCUT2D eigenvalue weighted by atomic mass is 9.81. The van der Waals surface area contributed by atoms with E-state index in [1.807, 2.05) is 6.07 Å². The van der Waals surface area contributed by atoms with Gasteiger partial charge in [0.15, 0.2) is 0 Å². The van der Waals surface area contributed by atoms with Crippen LogP contribution in [-0.4, -0.2) is 6.61 Å². The highest BCUT2D eigenvalue weighted by molar-refractivity contribution is 5.85. The van der Waals surface area contributed by atoms with Crippen LogP contribution in [0.3, 0.4) is 0 Å². The number of halogens is 3. The number of alkyl halides is 2. The normalized spacial score (nSPS) is 17.9. The molecule has 19 heavy (non-hydrogen) atoms. The molecule has 0 bridgehead atoms. The Bertz CT molecular complexity index is 383. The topological polar surface area (TPSA) is 35.2 Å². The van der Waals surface area contributed by atoms with Crippen molar-refractivity contribution in [3.8, 4) is 5.75 Å². The number of hydrogen-bond acceptors (Lipinski definition) is 2. The Hall–Kier alpha value is -0.870. The van der Waals surface area contributed by atoms with Gasteiger partial charge >= 0.3 is 6.61 Å². The van der Waals surface area contributed by atoms with Gasteiger partial charge in [-0.15, -0.1) is 12.4 Å². The van der Waals surface area contributed by atoms with Crippen LogP contribution < -0.4 is 10.5 Å². The average Bonchev–Trinajstić information content (AvgIpc) is 2.38. The van der Waals surface area contributed by atoms with Crippen molar-refractivity contribution in [3.05, 3.63) is 29.8 Å². The van der Waals surface area contributed by atoms with Crippen molar-refractivity contribution in [1.82, 2.24) is 0 Å². The molecule has 5 heteroatoms. The molecule has 1 aliphatic rings. The van der Waals surface area contributed by atoms with E-state index in [1.165, 1.54) is 25.3 Å². The third-order valence-electron chi connectivity index (χ3n) is 3.63. The van der Waals surface area contributed by atoms with Gasteiger partial charge in [0.1, 0.15) is 5.75 Å². The Labute approximate surface area is 118 Å². The molecule has 0 aliphatic heterocycles. The minimum atomic E-state index is -2.79. The van der Waals surface area contributed by atoms with Crippen LogP contribution in [0.2, 0.25) is 0 Å². The lowest BCUT2D eigenvalue weighted by molar-refractivity contribution is -0.0499. The van der Waals surface area contributed by atoms with Crippen molar-refractivity contribution in [3.63, 3.8) is 0 Å². The van der Waals surface area contributed by atoms with E-state index in [1.54, 1.807) is 12.1 Å². The molecule has 1 fully saturated rings. The van der Waals surface area contributed by atoms with Crippen molar-refractivity contribution < 1.29 is 13.5 Å². The molecule has 0 saturated heterocycles. The number of rotatable bonds is 4. The second kappa shape index (κ2) is 7.65. The van der Waals surface area contributed by atoms with E-state index in [2.05, 4.69) is 4.74 Å². The first-order valence-electron chi connectivity index (χ1n) is 6.47. The molecule has 0 radical (unpaired) electrons. The monoisotopic (exact) mass is 291 g/mol. The summed E-state index contributed by atoms with van der Waals surface area (Å²) >= 11 is 0. The predicted molar refractivity (Wildman–Crippen MR) is 73.8 cm³/mol. The Balaban J connectivity index is 0.00000180. The third-order valence-corrected chi connectivity index (χ3v) is 3.63. The molecule has 2 nitrogen and oxygen atoms in total. The van der Waals surface area contributed by atoms with E-state index >= 15 is 0 Å². The van der Waals surface area contributed by atoms with Crippen molar-refractivity contribution in [2.45, 2.75) is 44.8 Å². The van der Waals surface area contributed by atoms with E-state index in [0.717, 1.165) is 18.4 Å². The molecular weight excluding hydrogens is 272 g/mol. The zero-order valence-electron chi connectivity index (χ0n) is 10.7. The van der Waals surface area contributed by atoms with E-state index < -0.39 is 6.61 Å². The van der Waals surface area contributed by atoms with Crippen molar-refractivity contribution in [2.24, 2.45) is 11.7 Å². The largest absolute Gasteiger partial charge is 0.435 e. The number of ether oxygens (including phenoxy) is 1. The minimum Gasteiger partial charge on any atom is -0.435 e. The lowest BCUT2D eigenvalue weighted by Crippen LogP contribution is -2.23. The second-order valence-corrected chi connectivity index (χ2v) is 4.87. The molecule has 2 rings (SSSR count). The first-order chi connectivity index (χ1) is 8.66. The van der Waals surface area contributed by atoms with E-state index in [-0.39, 0.29) is 24.2 Å². The van der Waals surface area contributed by atoms with Gasteiger partial charge in [0.25, 0.3) is 0 Å². The van der Waals surface area contributed by atoms with Gasteiger partial charge in [-0.25, -0.2) is 0 Å². The van der Waals surface area contributed by atoms with Crippen LogP contribution in [0.4, 0.5) is 8.78 Å². The molecule has 1 aromatic rings. The van der Waals surface area contributed by atoms with E-state index in [9.17, 15) is 8.78 Å². The number of hydrogen-bond donors (Lipinski definition) is 1. The maximum absolute atomic E-state index is 12.2. The van der Waals surface area contributed by atoms with Crippen molar-refractivity contribution >= 4 is 12.4 Å². The maximum Gasteiger partial charge on any atom is 0.387 e. The summed E-state index contributed by atoms with van der Waals surface area (Å²) in [7, 11) is 0. The quantitative estimate of drug-likeness (QED) is 0.898. The molecule has 1 aromatic carbocycles. The zero-order chi connectivity index (χ0) is 13.0. The van der Waals surface area contributed by atoms with Gasteiger partial charge < -0.3 is 10.5 Å². The summed E-state index contributed by atoms with van der Waals surface area (Å²) < 4.78 is 28.7. The fourth-order valence-corrected chi connectivity index (χ4v) is 2.66. The van der Waals surface area contributed by atoms with Crippen LogP contribution in [0.5, 0.6) is 5.75 Å². The van der Waals surface area contributed by atoms with Crippen molar-refractivity contribution in [2.75, 3.05) is 0 Å². The van der Waals surface area contributed by atoms with Gasteiger partial charge in [0.2, 0.25) is 0 Å². The van der Waals surface area contributed by atoms with Crippen LogP contribution in [-0.2, 0) is 0 Å². The summed E-state index contributed by atoms with van der Waals surface area (Å²) in [5.41, 5.74) is 7.12. The summed E-state index contributed by atoms with van der Waals surface area (Å²) in [6.07, 6.45) is 5.96. The van der Waals surface area contributed by atoms with Gasteiger partial charge in [-0.1, -0.05) is 31.4 Å². The Morgan fingerprint density at radius 3 is 2.47 bits per heavy atom. The Kier molecular flexibility index (Phi) is 6.52. The van der Waals surface area contributed by atoms with Crippen molar-refractivity contribution in [1.29, 1.82) is 0 Å². The van der Waals surface area contributed by atoms with Gasteiger partial charge in [0, 0.05) is 6.04 Å². The summed E-state index contributed by atoms with van der Waals surface area (Å²) in [5, 5.41) is 0. The van der Waals surface area contributed by atoms with Gasteiger partial charge in [-0.2, -0.15) is 8.78 Å². The van der Waals surface area contributed by atoms with Crippen LogP contribution in [0.25, 0.3) is 0 Å². The van der Waals surface area contributed by atoms with E-state index in [0.29, 0.717) is 5.92 Å². The molecule has 1 aliphatic carbocycles. The molecule has 0 aromatic heterocycles. The van der Waals surface area contributed by atoms with Gasteiger partial charge in [-0.3, -0.25) is 0 Å². The maximum atomic E-state index is 12.2. The van der Waals surface area contributed by atoms with E-state index in [4.69, 9.17) is 5.73 Å². The molecule has 0 amide bonds.